The Labute approximate surface area is 140 Å². The number of nitrogens with zero attached hydrogens (tertiary/aromatic N) is 3. The van der Waals surface area contributed by atoms with Gasteiger partial charge in [0.05, 0.1) is 18.3 Å². The van der Waals surface area contributed by atoms with Gasteiger partial charge in [0.15, 0.2) is 0 Å². The van der Waals surface area contributed by atoms with Crippen LogP contribution in [0.15, 0.2) is 23.0 Å². The number of aryl methyl sites for hydroxylation is 2. The van der Waals surface area contributed by atoms with Crippen molar-refractivity contribution in [2.45, 2.75) is 46.3 Å². The smallest absolute Gasteiger partial charge is 0.285 e. The van der Waals surface area contributed by atoms with Crippen molar-refractivity contribution in [3.8, 4) is 6.07 Å². The standard InChI is InChI=1S/C18H20FN3O2/c1-4-13-15(9-20)18(24)22(21-16(13)5-2)10-17(23)14-7-6-12(19)8-11(14)3/h6-8,17,23H,4-5,10H2,1-3H3. The first-order valence-corrected chi connectivity index (χ1v) is 7.89. The Kier molecular flexibility index (Phi) is 5.47. The van der Waals surface area contributed by atoms with Gasteiger partial charge in [-0.15, -0.1) is 0 Å². The maximum absolute atomic E-state index is 13.2. The molecule has 1 atom stereocenters. The van der Waals surface area contributed by atoms with Crippen LogP contribution in [0.3, 0.4) is 0 Å². The van der Waals surface area contributed by atoms with Crippen LogP contribution in [0.5, 0.6) is 0 Å². The lowest BCUT2D eigenvalue weighted by atomic mass is 10.0. The number of rotatable bonds is 5. The van der Waals surface area contributed by atoms with Gasteiger partial charge < -0.3 is 5.11 Å². The maximum Gasteiger partial charge on any atom is 0.285 e. The Morgan fingerprint density at radius 2 is 2.08 bits per heavy atom. The largest absolute Gasteiger partial charge is 0.386 e. The fourth-order valence-corrected chi connectivity index (χ4v) is 2.83. The first-order chi connectivity index (χ1) is 11.4. The summed E-state index contributed by atoms with van der Waals surface area (Å²) in [6.07, 6.45) is 0.123. The summed E-state index contributed by atoms with van der Waals surface area (Å²) in [5, 5.41) is 24.0. The minimum absolute atomic E-state index is 0.0763. The van der Waals surface area contributed by atoms with Crippen molar-refractivity contribution < 1.29 is 9.50 Å². The summed E-state index contributed by atoms with van der Waals surface area (Å²) in [5.74, 6) is -0.383. The maximum atomic E-state index is 13.2. The van der Waals surface area contributed by atoms with Crippen molar-refractivity contribution in [1.82, 2.24) is 9.78 Å². The van der Waals surface area contributed by atoms with Gasteiger partial charge >= 0.3 is 0 Å². The minimum Gasteiger partial charge on any atom is -0.386 e. The molecular weight excluding hydrogens is 309 g/mol. The molecule has 0 aliphatic rings. The van der Waals surface area contributed by atoms with E-state index in [1.54, 1.807) is 6.92 Å². The normalized spacial score (nSPS) is 12.0. The molecule has 6 heteroatoms. The third-order valence-electron chi connectivity index (χ3n) is 4.08. The Balaban J connectivity index is 2.46. The molecule has 1 unspecified atom stereocenters. The molecule has 0 aliphatic carbocycles. The Morgan fingerprint density at radius 3 is 2.62 bits per heavy atom. The summed E-state index contributed by atoms with van der Waals surface area (Å²) < 4.78 is 14.3. The molecule has 1 aromatic carbocycles. The van der Waals surface area contributed by atoms with Crippen LogP contribution in [0.2, 0.25) is 0 Å². The van der Waals surface area contributed by atoms with Crippen molar-refractivity contribution in [2.75, 3.05) is 0 Å². The molecule has 1 heterocycles. The number of hydrogen-bond acceptors (Lipinski definition) is 4. The van der Waals surface area contributed by atoms with Crippen LogP contribution in [-0.4, -0.2) is 14.9 Å². The van der Waals surface area contributed by atoms with Gasteiger partial charge in [0, 0.05) is 0 Å². The first kappa shape index (κ1) is 17.8. The molecular formula is C18H20FN3O2. The Hall–Kier alpha value is -2.52. The zero-order valence-corrected chi connectivity index (χ0v) is 14.0. The third-order valence-corrected chi connectivity index (χ3v) is 4.08. The van der Waals surface area contributed by atoms with Crippen molar-refractivity contribution in [2.24, 2.45) is 0 Å². The molecule has 0 saturated heterocycles. The Bertz CT molecular complexity index is 853. The van der Waals surface area contributed by atoms with Gasteiger partial charge in [0.2, 0.25) is 0 Å². The second-order valence-corrected chi connectivity index (χ2v) is 5.62. The topological polar surface area (TPSA) is 78.9 Å². The quantitative estimate of drug-likeness (QED) is 0.914. The second-order valence-electron chi connectivity index (χ2n) is 5.62. The van der Waals surface area contributed by atoms with Crippen molar-refractivity contribution >= 4 is 0 Å². The van der Waals surface area contributed by atoms with Crippen LogP contribution in [0, 0.1) is 24.1 Å². The lowest BCUT2D eigenvalue weighted by Crippen LogP contribution is -2.31. The molecule has 0 aliphatic heterocycles. The van der Waals surface area contributed by atoms with Crippen LogP contribution in [0.1, 0.15) is 47.9 Å². The molecule has 2 rings (SSSR count). The summed E-state index contributed by atoms with van der Waals surface area (Å²) in [4.78, 5) is 12.5. The van der Waals surface area contributed by atoms with E-state index in [1.807, 2.05) is 19.9 Å². The van der Waals surface area contributed by atoms with Crippen molar-refractivity contribution in [3.63, 3.8) is 0 Å². The molecule has 2 aromatic rings. The van der Waals surface area contributed by atoms with E-state index in [9.17, 15) is 19.6 Å². The molecule has 0 radical (unpaired) electrons. The Morgan fingerprint density at radius 1 is 1.38 bits per heavy atom. The summed E-state index contributed by atoms with van der Waals surface area (Å²) >= 11 is 0. The number of aliphatic hydroxyl groups excluding tert-OH is 1. The molecule has 0 spiro atoms. The molecule has 24 heavy (non-hydrogen) atoms. The SMILES string of the molecule is CCc1nn(CC(O)c2ccc(F)cc2C)c(=O)c(C#N)c1CC. The molecule has 0 fully saturated rings. The van der Waals surface area contributed by atoms with Gasteiger partial charge in [-0.05, 0) is 48.6 Å². The van der Waals surface area contributed by atoms with Crippen LogP contribution in [0.4, 0.5) is 4.39 Å². The van der Waals surface area contributed by atoms with E-state index in [4.69, 9.17) is 0 Å². The summed E-state index contributed by atoms with van der Waals surface area (Å²) in [7, 11) is 0. The minimum atomic E-state index is -1.01. The number of hydrogen-bond donors (Lipinski definition) is 1. The monoisotopic (exact) mass is 329 g/mol. The van der Waals surface area contributed by atoms with Crippen LogP contribution >= 0.6 is 0 Å². The van der Waals surface area contributed by atoms with Crippen LogP contribution < -0.4 is 5.56 Å². The number of nitriles is 1. The van der Waals surface area contributed by atoms with E-state index in [1.165, 1.54) is 18.2 Å². The van der Waals surface area contributed by atoms with E-state index in [0.29, 0.717) is 35.2 Å². The van der Waals surface area contributed by atoms with Crippen molar-refractivity contribution in [3.05, 3.63) is 62.3 Å². The highest BCUT2D eigenvalue weighted by molar-refractivity contribution is 5.38. The predicted octanol–water partition coefficient (Wildman–Crippen LogP) is 2.42. The molecule has 5 nitrogen and oxygen atoms in total. The molecule has 1 aromatic heterocycles. The lowest BCUT2D eigenvalue weighted by Gasteiger charge is -2.17. The lowest BCUT2D eigenvalue weighted by molar-refractivity contribution is 0.148. The van der Waals surface area contributed by atoms with E-state index < -0.39 is 11.7 Å². The van der Waals surface area contributed by atoms with Gasteiger partial charge in [-0.1, -0.05) is 19.9 Å². The van der Waals surface area contributed by atoms with E-state index in [-0.39, 0.29) is 17.9 Å². The molecule has 0 saturated carbocycles. The number of halogens is 1. The van der Waals surface area contributed by atoms with Gasteiger partial charge in [-0.3, -0.25) is 4.79 Å². The first-order valence-electron chi connectivity index (χ1n) is 7.89. The van der Waals surface area contributed by atoms with Gasteiger partial charge in [-0.2, -0.15) is 10.4 Å². The van der Waals surface area contributed by atoms with Gasteiger partial charge in [0.25, 0.3) is 5.56 Å². The van der Waals surface area contributed by atoms with Gasteiger partial charge in [0.1, 0.15) is 17.4 Å². The molecule has 1 N–H and O–H groups in total. The van der Waals surface area contributed by atoms with Crippen molar-refractivity contribution in [1.29, 1.82) is 5.26 Å². The van der Waals surface area contributed by atoms with Gasteiger partial charge in [-0.25, -0.2) is 9.07 Å². The average molecular weight is 329 g/mol. The molecule has 0 bridgehead atoms. The summed E-state index contributed by atoms with van der Waals surface area (Å²) in [6, 6.07) is 6.04. The molecule has 126 valence electrons. The van der Waals surface area contributed by atoms with E-state index >= 15 is 0 Å². The van der Waals surface area contributed by atoms with E-state index in [0.717, 1.165) is 4.68 Å². The molecule has 0 amide bonds. The predicted molar refractivity (Wildman–Crippen MR) is 88.1 cm³/mol. The number of aromatic nitrogens is 2. The average Bonchev–Trinajstić information content (AvgIpc) is 2.55. The zero-order chi connectivity index (χ0) is 17.9. The third kappa shape index (κ3) is 3.36. The van der Waals surface area contributed by atoms with E-state index in [2.05, 4.69) is 5.10 Å². The number of aliphatic hydroxyl groups is 1. The zero-order valence-electron chi connectivity index (χ0n) is 14.0. The fraction of sp³-hybridized carbons (Fsp3) is 0.389. The highest BCUT2D eigenvalue weighted by atomic mass is 19.1. The fourth-order valence-electron chi connectivity index (χ4n) is 2.83. The highest BCUT2D eigenvalue weighted by Crippen LogP contribution is 2.20. The second kappa shape index (κ2) is 7.37. The van der Waals surface area contributed by atoms with Crippen LogP contribution in [-0.2, 0) is 19.4 Å². The summed E-state index contributed by atoms with van der Waals surface area (Å²) in [5.41, 5.74) is 2.03. The van der Waals surface area contributed by atoms with Crippen LogP contribution in [0.25, 0.3) is 0 Å². The highest BCUT2D eigenvalue weighted by Gasteiger charge is 2.18. The number of benzene rings is 1. The summed E-state index contributed by atoms with van der Waals surface area (Å²) in [6.45, 7) is 5.38.